The summed E-state index contributed by atoms with van der Waals surface area (Å²) in [6.45, 7) is 9.96. The van der Waals surface area contributed by atoms with Crippen molar-refractivity contribution >= 4 is 11.9 Å². The smallest absolute Gasteiger partial charge is 0.303 e. The van der Waals surface area contributed by atoms with Crippen LogP contribution in [0, 0.1) is 0 Å². The summed E-state index contributed by atoms with van der Waals surface area (Å²) in [4.78, 5) is 23.9. The van der Waals surface area contributed by atoms with E-state index in [4.69, 9.17) is 5.11 Å². The fourth-order valence-corrected chi connectivity index (χ4v) is 1.40. The molecule has 0 atom stereocenters. The molecule has 0 radical (unpaired) electrons. The molecule has 0 rings (SSSR count). The predicted octanol–water partition coefficient (Wildman–Crippen LogP) is 2.05. The number of hydrogen-bond acceptors (Lipinski definition) is 2. The Morgan fingerprint density at radius 2 is 1.88 bits per heavy atom. The first-order valence-electron chi connectivity index (χ1n) is 5.42. The molecule has 0 aromatic rings. The minimum absolute atomic E-state index is 0.0198. The summed E-state index contributed by atoms with van der Waals surface area (Å²) in [7, 11) is 0. The van der Waals surface area contributed by atoms with E-state index < -0.39 is 5.97 Å². The van der Waals surface area contributed by atoms with Crippen LogP contribution in [0.1, 0.15) is 40.0 Å². The second-order valence-corrected chi connectivity index (χ2v) is 4.71. The molecule has 0 saturated carbocycles. The molecule has 0 aromatic heterocycles. The van der Waals surface area contributed by atoms with Gasteiger partial charge >= 0.3 is 5.97 Å². The van der Waals surface area contributed by atoms with Gasteiger partial charge in [-0.3, -0.25) is 9.59 Å². The molecule has 1 N–H and O–H groups in total. The molecule has 0 saturated heterocycles. The largest absolute Gasteiger partial charge is 0.481 e. The Labute approximate surface area is 96.9 Å². The Bertz CT molecular complexity index is 266. The number of carboxylic acid groups (broad SMARTS) is 1. The van der Waals surface area contributed by atoms with Gasteiger partial charge in [0.05, 0.1) is 0 Å². The van der Waals surface area contributed by atoms with E-state index >= 15 is 0 Å². The maximum atomic E-state index is 11.8. The topological polar surface area (TPSA) is 57.6 Å². The van der Waals surface area contributed by atoms with E-state index in [1.807, 2.05) is 20.8 Å². The van der Waals surface area contributed by atoms with E-state index in [1.165, 1.54) is 0 Å². The summed E-state index contributed by atoms with van der Waals surface area (Å²) in [5, 5.41) is 8.49. The van der Waals surface area contributed by atoms with Gasteiger partial charge in [-0.2, -0.15) is 0 Å². The number of aliphatic carboxylic acids is 1. The Hall–Kier alpha value is -1.32. The summed E-state index contributed by atoms with van der Waals surface area (Å²) < 4.78 is 0. The molecular weight excluding hydrogens is 206 g/mol. The zero-order valence-corrected chi connectivity index (χ0v) is 10.3. The lowest BCUT2D eigenvalue weighted by molar-refractivity contribution is -0.137. The van der Waals surface area contributed by atoms with Gasteiger partial charge < -0.3 is 10.0 Å². The van der Waals surface area contributed by atoms with Crippen molar-refractivity contribution in [1.82, 2.24) is 4.90 Å². The molecule has 0 aliphatic heterocycles. The molecule has 4 nitrogen and oxygen atoms in total. The SMILES string of the molecule is C=CCN(C(=O)CCCC(=O)O)C(C)(C)C. The summed E-state index contributed by atoms with van der Waals surface area (Å²) in [6, 6.07) is 0. The van der Waals surface area contributed by atoms with Gasteiger partial charge in [-0.25, -0.2) is 0 Å². The van der Waals surface area contributed by atoms with E-state index in [9.17, 15) is 9.59 Å². The predicted molar refractivity (Wildman–Crippen MR) is 63.1 cm³/mol. The quantitative estimate of drug-likeness (QED) is 0.706. The van der Waals surface area contributed by atoms with Gasteiger partial charge in [0.2, 0.25) is 5.91 Å². The van der Waals surface area contributed by atoms with Crippen LogP contribution in [-0.2, 0) is 9.59 Å². The second-order valence-electron chi connectivity index (χ2n) is 4.71. The summed E-state index contributed by atoms with van der Waals surface area (Å²) >= 11 is 0. The lowest BCUT2D eigenvalue weighted by Gasteiger charge is -2.35. The number of carbonyl (C=O) groups excluding carboxylic acids is 1. The van der Waals surface area contributed by atoms with E-state index in [1.54, 1.807) is 11.0 Å². The highest BCUT2D eigenvalue weighted by Gasteiger charge is 2.24. The molecule has 0 fully saturated rings. The monoisotopic (exact) mass is 227 g/mol. The van der Waals surface area contributed by atoms with Crippen LogP contribution >= 0.6 is 0 Å². The Morgan fingerprint density at radius 3 is 2.25 bits per heavy atom. The van der Waals surface area contributed by atoms with Gasteiger partial charge in [-0.05, 0) is 27.2 Å². The highest BCUT2D eigenvalue weighted by atomic mass is 16.4. The van der Waals surface area contributed by atoms with Gasteiger partial charge in [0, 0.05) is 24.9 Å². The fraction of sp³-hybridized carbons (Fsp3) is 0.667. The van der Waals surface area contributed by atoms with Crippen molar-refractivity contribution in [3.63, 3.8) is 0 Å². The fourth-order valence-electron chi connectivity index (χ4n) is 1.40. The Balaban J connectivity index is 4.29. The van der Waals surface area contributed by atoms with Crippen LogP contribution in [0.3, 0.4) is 0 Å². The molecule has 0 aromatic carbocycles. The normalized spacial score (nSPS) is 10.9. The van der Waals surface area contributed by atoms with Crippen LogP contribution in [0.4, 0.5) is 0 Å². The summed E-state index contributed by atoms with van der Waals surface area (Å²) in [5.41, 5.74) is -0.255. The van der Waals surface area contributed by atoms with Crippen molar-refractivity contribution in [3.8, 4) is 0 Å². The zero-order chi connectivity index (χ0) is 12.8. The first kappa shape index (κ1) is 14.7. The van der Waals surface area contributed by atoms with Crippen molar-refractivity contribution in [2.75, 3.05) is 6.54 Å². The van der Waals surface area contributed by atoms with E-state index in [0.29, 0.717) is 13.0 Å². The number of carbonyl (C=O) groups is 2. The van der Waals surface area contributed by atoms with Crippen molar-refractivity contribution in [2.45, 2.75) is 45.6 Å². The number of amides is 1. The lowest BCUT2D eigenvalue weighted by atomic mass is 10.0. The van der Waals surface area contributed by atoms with Gasteiger partial charge in [0.1, 0.15) is 0 Å². The van der Waals surface area contributed by atoms with Crippen LogP contribution in [0.5, 0.6) is 0 Å². The third-order valence-corrected chi connectivity index (χ3v) is 2.20. The van der Waals surface area contributed by atoms with Gasteiger partial charge in [0.25, 0.3) is 0 Å². The van der Waals surface area contributed by atoms with Crippen LogP contribution in [0.2, 0.25) is 0 Å². The summed E-state index contributed by atoms with van der Waals surface area (Å²) in [5.74, 6) is -0.882. The van der Waals surface area contributed by atoms with Crippen LogP contribution in [0.25, 0.3) is 0 Å². The molecule has 0 bridgehead atoms. The zero-order valence-electron chi connectivity index (χ0n) is 10.3. The standard InChI is InChI=1S/C12H21NO3/c1-5-9-13(12(2,3)4)10(14)7-6-8-11(15)16/h5H,1,6-9H2,2-4H3,(H,15,16). The molecule has 4 heteroatoms. The highest BCUT2D eigenvalue weighted by Crippen LogP contribution is 2.15. The van der Waals surface area contributed by atoms with Gasteiger partial charge in [0.15, 0.2) is 0 Å². The number of rotatable bonds is 6. The van der Waals surface area contributed by atoms with Crippen molar-refractivity contribution in [1.29, 1.82) is 0 Å². The highest BCUT2D eigenvalue weighted by molar-refractivity contribution is 5.77. The van der Waals surface area contributed by atoms with Gasteiger partial charge in [-0.1, -0.05) is 6.08 Å². The molecule has 0 spiro atoms. The molecule has 0 aliphatic carbocycles. The molecule has 0 unspecified atom stereocenters. The Kier molecular flexibility index (Phi) is 5.78. The average molecular weight is 227 g/mol. The van der Waals surface area contributed by atoms with Crippen molar-refractivity contribution in [2.24, 2.45) is 0 Å². The third kappa shape index (κ3) is 5.53. The molecule has 0 aliphatic rings. The first-order valence-corrected chi connectivity index (χ1v) is 5.42. The third-order valence-electron chi connectivity index (χ3n) is 2.20. The minimum Gasteiger partial charge on any atom is -0.481 e. The van der Waals surface area contributed by atoms with E-state index in [0.717, 1.165) is 0 Å². The number of carboxylic acids is 1. The van der Waals surface area contributed by atoms with Crippen LogP contribution < -0.4 is 0 Å². The molecule has 0 heterocycles. The average Bonchev–Trinajstić information content (AvgIpc) is 2.11. The van der Waals surface area contributed by atoms with E-state index in [-0.39, 0.29) is 24.3 Å². The van der Waals surface area contributed by atoms with Crippen LogP contribution in [0.15, 0.2) is 12.7 Å². The molecule has 1 amide bonds. The van der Waals surface area contributed by atoms with Crippen molar-refractivity contribution < 1.29 is 14.7 Å². The van der Waals surface area contributed by atoms with Crippen molar-refractivity contribution in [3.05, 3.63) is 12.7 Å². The first-order chi connectivity index (χ1) is 7.29. The Morgan fingerprint density at radius 1 is 1.31 bits per heavy atom. The van der Waals surface area contributed by atoms with Gasteiger partial charge in [-0.15, -0.1) is 6.58 Å². The number of hydrogen-bond donors (Lipinski definition) is 1. The van der Waals surface area contributed by atoms with E-state index in [2.05, 4.69) is 6.58 Å². The maximum absolute atomic E-state index is 11.8. The van der Waals surface area contributed by atoms with Crippen LogP contribution in [-0.4, -0.2) is 34.0 Å². The number of nitrogens with zero attached hydrogens (tertiary/aromatic N) is 1. The lowest BCUT2D eigenvalue weighted by Crippen LogP contribution is -2.45. The molecular formula is C12H21NO3. The minimum atomic E-state index is -0.862. The second kappa shape index (κ2) is 6.30. The molecule has 92 valence electrons. The summed E-state index contributed by atoms with van der Waals surface area (Å²) in [6.07, 6.45) is 2.38. The molecule has 16 heavy (non-hydrogen) atoms. The maximum Gasteiger partial charge on any atom is 0.303 e.